The van der Waals surface area contributed by atoms with Crippen molar-refractivity contribution in [3.63, 3.8) is 0 Å². The minimum absolute atomic E-state index is 0.0544. The van der Waals surface area contributed by atoms with Gasteiger partial charge in [-0.05, 0) is 46.6 Å². The number of carbonyl (C=O) groups is 2. The second-order valence-electron chi connectivity index (χ2n) is 7.47. The number of carbonyl (C=O) groups excluding carboxylic acids is 2. The first-order valence-corrected chi connectivity index (χ1v) is 8.60. The van der Waals surface area contributed by atoms with Crippen LogP contribution in [0.5, 0.6) is 0 Å². The first kappa shape index (κ1) is 19.7. The third kappa shape index (κ3) is 5.18. The highest BCUT2D eigenvalue weighted by molar-refractivity contribution is 5.95. The van der Waals surface area contributed by atoms with Crippen molar-refractivity contribution in [2.75, 3.05) is 13.1 Å². The van der Waals surface area contributed by atoms with E-state index in [1.165, 1.54) is 6.07 Å². The lowest BCUT2D eigenvalue weighted by Gasteiger charge is -2.33. The van der Waals surface area contributed by atoms with E-state index in [1.54, 1.807) is 44.7 Å². The molecule has 8 nitrogen and oxygen atoms in total. The molecule has 1 N–H and O–H groups in total. The van der Waals surface area contributed by atoms with Gasteiger partial charge in [0, 0.05) is 36.3 Å². The second kappa shape index (κ2) is 7.72. The molecule has 0 spiro atoms. The van der Waals surface area contributed by atoms with E-state index >= 15 is 0 Å². The quantitative estimate of drug-likeness (QED) is 0.657. The molecule has 0 unspecified atom stereocenters. The van der Waals surface area contributed by atoms with E-state index in [9.17, 15) is 19.7 Å². The largest absolute Gasteiger partial charge is 0.444 e. The molecule has 1 saturated heterocycles. The van der Waals surface area contributed by atoms with Crippen molar-refractivity contribution in [2.45, 2.75) is 52.2 Å². The molecule has 1 aromatic rings. The van der Waals surface area contributed by atoms with Crippen molar-refractivity contribution in [3.8, 4) is 0 Å². The Balaban J connectivity index is 1.93. The van der Waals surface area contributed by atoms with Crippen LogP contribution in [0.2, 0.25) is 0 Å². The van der Waals surface area contributed by atoms with Gasteiger partial charge in [0.25, 0.3) is 11.6 Å². The van der Waals surface area contributed by atoms with Crippen molar-refractivity contribution in [3.05, 3.63) is 39.4 Å². The summed E-state index contributed by atoms with van der Waals surface area (Å²) in [5.41, 5.74) is 0.214. The van der Waals surface area contributed by atoms with Crippen LogP contribution in [0.3, 0.4) is 0 Å². The molecular weight excluding hydrogens is 338 g/mol. The van der Waals surface area contributed by atoms with Crippen LogP contribution >= 0.6 is 0 Å². The summed E-state index contributed by atoms with van der Waals surface area (Å²) in [6.07, 6.45) is 0.758. The van der Waals surface area contributed by atoms with Gasteiger partial charge in [-0.25, -0.2) is 4.79 Å². The van der Waals surface area contributed by atoms with E-state index in [0.29, 0.717) is 37.1 Å². The number of nitrogens with zero attached hydrogens (tertiary/aromatic N) is 2. The Morgan fingerprint density at radius 1 is 1.27 bits per heavy atom. The Kier molecular flexibility index (Phi) is 5.84. The molecule has 1 aliphatic rings. The minimum atomic E-state index is -0.555. The molecule has 1 fully saturated rings. The van der Waals surface area contributed by atoms with Crippen LogP contribution < -0.4 is 5.32 Å². The fraction of sp³-hybridized carbons (Fsp3) is 0.556. The summed E-state index contributed by atoms with van der Waals surface area (Å²) in [6.45, 7) is 7.99. The van der Waals surface area contributed by atoms with E-state index < -0.39 is 16.6 Å². The minimum Gasteiger partial charge on any atom is -0.444 e. The van der Waals surface area contributed by atoms with Gasteiger partial charge in [0.1, 0.15) is 5.60 Å². The highest BCUT2D eigenvalue weighted by atomic mass is 16.6. The average Bonchev–Trinajstić information content (AvgIpc) is 2.53. The maximum atomic E-state index is 12.6. The summed E-state index contributed by atoms with van der Waals surface area (Å²) in [4.78, 5) is 36.6. The van der Waals surface area contributed by atoms with Gasteiger partial charge in [0.15, 0.2) is 0 Å². The highest BCUT2D eigenvalue weighted by Crippen LogP contribution is 2.22. The molecule has 0 aliphatic carbocycles. The van der Waals surface area contributed by atoms with Crippen molar-refractivity contribution in [1.29, 1.82) is 0 Å². The number of hydrogen-bond acceptors (Lipinski definition) is 5. The molecule has 0 bridgehead atoms. The van der Waals surface area contributed by atoms with Crippen molar-refractivity contribution in [2.24, 2.45) is 0 Å². The van der Waals surface area contributed by atoms with Crippen LogP contribution in [0.1, 0.15) is 49.5 Å². The first-order chi connectivity index (χ1) is 12.1. The number of ether oxygens (including phenoxy) is 1. The fourth-order valence-electron chi connectivity index (χ4n) is 2.82. The Labute approximate surface area is 152 Å². The molecule has 0 radical (unpaired) electrons. The van der Waals surface area contributed by atoms with E-state index in [4.69, 9.17) is 4.74 Å². The highest BCUT2D eigenvalue weighted by Gasteiger charge is 2.27. The summed E-state index contributed by atoms with van der Waals surface area (Å²) in [7, 11) is 0. The maximum absolute atomic E-state index is 12.6. The molecule has 2 rings (SSSR count). The monoisotopic (exact) mass is 363 g/mol. The summed E-state index contributed by atoms with van der Waals surface area (Å²) in [5.74, 6) is -0.233. The normalized spacial score (nSPS) is 15.5. The van der Waals surface area contributed by atoms with Crippen LogP contribution in [0.15, 0.2) is 18.2 Å². The summed E-state index contributed by atoms with van der Waals surface area (Å²) >= 11 is 0. The number of nitrogens with one attached hydrogen (secondary N) is 1. The molecule has 0 atom stereocenters. The van der Waals surface area contributed by atoms with Gasteiger partial charge in [-0.15, -0.1) is 0 Å². The third-order valence-corrected chi connectivity index (χ3v) is 4.16. The number of alkyl carbamates (subject to hydrolysis) is 1. The summed E-state index contributed by atoms with van der Waals surface area (Å²) < 4.78 is 5.24. The SMILES string of the molecule is Cc1ccc(C(=O)N2CCC(NC(=O)OC(C)(C)C)CC2)cc1[N+](=O)[O-]. The zero-order chi connectivity index (χ0) is 19.5. The predicted molar refractivity (Wildman–Crippen MR) is 96.1 cm³/mol. The second-order valence-corrected chi connectivity index (χ2v) is 7.47. The number of nitro benzene ring substituents is 1. The van der Waals surface area contributed by atoms with Gasteiger partial charge in [-0.2, -0.15) is 0 Å². The lowest BCUT2D eigenvalue weighted by atomic mass is 10.0. The summed E-state index contributed by atoms with van der Waals surface area (Å²) in [6, 6.07) is 4.46. The van der Waals surface area contributed by atoms with E-state index in [-0.39, 0.29) is 17.6 Å². The molecular formula is C18H25N3O5. The van der Waals surface area contributed by atoms with Crippen LogP contribution in [0.4, 0.5) is 10.5 Å². The number of nitro groups is 1. The molecule has 8 heteroatoms. The molecule has 0 saturated carbocycles. The van der Waals surface area contributed by atoms with Gasteiger partial charge in [0.2, 0.25) is 0 Å². The Hall–Kier alpha value is -2.64. The maximum Gasteiger partial charge on any atom is 0.407 e. The van der Waals surface area contributed by atoms with Crippen LogP contribution in [0.25, 0.3) is 0 Å². The smallest absolute Gasteiger partial charge is 0.407 e. The van der Waals surface area contributed by atoms with E-state index in [1.807, 2.05) is 0 Å². The molecule has 26 heavy (non-hydrogen) atoms. The molecule has 1 aliphatic heterocycles. The standard InChI is InChI=1S/C18H25N3O5/c1-12-5-6-13(11-15(12)21(24)25)16(22)20-9-7-14(8-10-20)19-17(23)26-18(2,3)4/h5-6,11,14H,7-10H2,1-4H3,(H,19,23). The van der Waals surface area contributed by atoms with Crippen LogP contribution in [-0.2, 0) is 4.74 Å². The van der Waals surface area contributed by atoms with Crippen molar-refractivity contribution in [1.82, 2.24) is 10.2 Å². The van der Waals surface area contributed by atoms with Gasteiger partial charge >= 0.3 is 6.09 Å². The zero-order valence-corrected chi connectivity index (χ0v) is 15.6. The van der Waals surface area contributed by atoms with Gasteiger partial charge < -0.3 is 15.0 Å². The fourth-order valence-corrected chi connectivity index (χ4v) is 2.82. The van der Waals surface area contributed by atoms with Gasteiger partial charge in [-0.3, -0.25) is 14.9 Å². The number of rotatable bonds is 3. The molecule has 0 aromatic heterocycles. The zero-order valence-electron chi connectivity index (χ0n) is 15.6. The van der Waals surface area contributed by atoms with Crippen molar-refractivity contribution >= 4 is 17.7 Å². The number of hydrogen-bond donors (Lipinski definition) is 1. The molecule has 1 aromatic carbocycles. The molecule has 142 valence electrons. The predicted octanol–water partition coefficient (Wildman–Crippen LogP) is 3.03. The van der Waals surface area contributed by atoms with E-state index in [0.717, 1.165) is 0 Å². The Morgan fingerprint density at radius 2 is 1.88 bits per heavy atom. The number of aryl methyl sites for hydroxylation is 1. The number of amides is 2. The average molecular weight is 363 g/mol. The Morgan fingerprint density at radius 3 is 2.42 bits per heavy atom. The van der Waals surface area contributed by atoms with Crippen LogP contribution in [0, 0.1) is 17.0 Å². The molecule has 1 heterocycles. The lowest BCUT2D eigenvalue weighted by molar-refractivity contribution is -0.385. The number of piperidine rings is 1. The Bertz CT molecular complexity index is 703. The van der Waals surface area contributed by atoms with Gasteiger partial charge in [0.05, 0.1) is 4.92 Å². The van der Waals surface area contributed by atoms with E-state index in [2.05, 4.69) is 5.32 Å². The first-order valence-electron chi connectivity index (χ1n) is 8.60. The molecule has 2 amide bonds. The third-order valence-electron chi connectivity index (χ3n) is 4.16. The van der Waals surface area contributed by atoms with Crippen molar-refractivity contribution < 1.29 is 19.2 Å². The number of likely N-dealkylation sites (tertiary alicyclic amines) is 1. The van der Waals surface area contributed by atoms with Gasteiger partial charge in [-0.1, -0.05) is 6.07 Å². The van der Waals surface area contributed by atoms with Crippen LogP contribution in [-0.4, -0.2) is 46.6 Å². The summed E-state index contributed by atoms with van der Waals surface area (Å²) in [5, 5.41) is 13.9. The topological polar surface area (TPSA) is 102 Å². The number of benzene rings is 1. The lowest BCUT2D eigenvalue weighted by Crippen LogP contribution is -2.47.